The molecule has 8 nitrogen and oxygen atoms in total. The Kier molecular flexibility index (Phi) is 4.78. The van der Waals surface area contributed by atoms with E-state index >= 15 is 0 Å². The second kappa shape index (κ2) is 6.90. The number of nitriles is 1. The lowest BCUT2D eigenvalue weighted by molar-refractivity contribution is 0.101. The van der Waals surface area contributed by atoms with Gasteiger partial charge < -0.3 is 14.6 Å². The topological polar surface area (TPSA) is 113 Å². The molecule has 1 atom stereocenters. The van der Waals surface area contributed by atoms with Crippen LogP contribution in [0.2, 0.25) is 0 Å². The third-order valence-electron chi connectivity index (χ3n) is 4.22. The highest BCUT2D eigenvalue weighted by molar-refractivity contribution is 7.89. The van der Waals surface area contributed by atoms with Crippen LogP contribution in [-0.2, 0) is 17.1 Å². The molecule has 0 fully saturated rings. The molecule has 9 heteroatoms. The standard InChI is InChI=1S/C18H18N4O4S/c1-4-13-10-26-17-15(27(24,25)21-13)9-22(3)16(17)18(23)20-14-6-5-11(2)12(7-14)8-19/h4-7,9,13,21H,1,10H2,2-3H3,(H,20,23). The number of nitrogens with one attached hydrogen (secondary N) is 2. The first-order valence-electron chi connectivity index (χ1n) is 8.06. The number of aryl methyl sites for hydroxylation is 2. The van der Waals surface area contributed by atoms with E-state index < -0.39 is 22.0 Å². The van der Waals surface area contributed by atoms with Crippen molar-refractivity contribution in [1.82, 2.24) is 9.29 Å². The molecule has 0 saturated heterocycles. The number of sulfonamides is 1. The van der Waals surface area contributed by atoms with Gasteiger partial charge in [-0.05, 0) is 24.6 Å². The van der Waals surface area contributed by atoms with Crippen molar-refractivity contribution in [3.8, 4) is 11.8 Å². The number of carbonyl (C=O) groups excluding carboxylic acids is 1. The summed E-state index contributed by atoms with van der Waals surface area (Å²) in [5.41, 5.74) is 1.73. The molecule has 27 heavy (non-hydrogen) atoms. The molecule has 0 saturated carbocycles. The van der Waals surface area contributed by atoms with Crippen LogP contribution < -0.4 is 14.8 Å². The SMILES string of the molecule is C=CC1COc2c(cn(C)c2C(=O)Nc2ccc(C)c(C#N)c2)S(=O)(=O)N1. The molecule has 0 spiro atoms. The van der Waals surface area contributed by atoms with Gasteiger partial charge in [-0.15, -0.1) is 6.58 Å². The summed E-state index contributed by atoms with van der Waals surface area (Å²) in [6, 6.07) is 6.41. The van der Waals surface area contributed by atoms with Crippen molar-refractivity contribution in [1.29, 1.82) is 5.26 Å². The quantitative estimate of drug-likeness (QED) is 0.779. The molecule has 1 aromatic carbocycles. The summed E-state index contributed by atoms with van der Waals surface area (Å²) >= 11 is 0. The van der Waals surface area contributed by atoms with Crippen molar-refractivity contribution in [2.45, 2.75) is 17.9 Å². The molecular formula is C18H18N4O4S. The lowest BCUT2D eigenvalue weighted by Crippen LogP contribution is -2.35. The van der Waals surface area contributed by atoms with E-state index in [0.29, 0.717) is 11.3 Å². The predicted octanol–water partition coefficient (Wildman–Crippen LogP) is 1.68. The van der Waals surface area contributed by atoms with Crippen molar-refractivity contribution in [3.05, 3.63) is 53.9 Å². The van der Waals surface area contributed by atoms with Crippen LogP contribution in [-0.4, -0.2) is 31.5 Å². The Morgan fingerprint density at radius 3 is 2.93 bits per heavy atom. The Bertz CT molecular complexity index is 1080. The highest BCUT2D eigenvalue weighted by Crippen LogP contribution is 2.33. The van der Waals surface area contributed by atoms with Crippen LogP contribution in [0.25, 0.3) is 0 Å². The van der Waals surface area contributed by atoms with E-state index in [9.17, 15) is 13.2 Å². The lowest BCUT2D eigenvalue weighted by atomic mass is 10.1. The summed E-state index contributed by atoms with van der Waals surface area (Å²) in [6.07, 6.45) is 2.76. The molecule has 2 heterocycles. The van der Waals surface area contributed by atoms with Gasteiger partial charge in [0.25, 0.3) is 5.91 Å². The molecule has 1 aliphatic rings. The van der Waals surface area contributed by atoms with Gasteiger partial charge in [0.15, 0.2) is 11.4 Å². The van der Waals surface area contributed by atoms with Gasteiger partial charge in [0.2, 0.25) is 10.0 Å². The third kappa shape index (κ3) is 3.45. The van der Waals surface area contributed by atoms with E-state index in [4.69, 9.17) is 10.00 Å². The zero-order chi connectivity index (χ0) is 19.8. The van der Waals surface area contributed by atoms with Gasteiger partial charge >= 0.3 is 0 Å². The summed E-state index contributed by atoms with van der Waals surface area (Å²) in [5, 5.41) is 11.8. The molecule has 0 bridgehead atoms. The van der Waals surface area contributed by atoms with Gasteiger partial charge in [0.05, 0.1) is 17.7 Å². The minimum atomic E-state index is -3.85. The molecule has 2 aromatic rings. The number of aromatic nitrogens is 1. The molecule has 1 aliphatic heterocycles. The highest BCUT2D eigenvalue weighted by atomic mass is 32.2. The highest BCUT2D eigenvalue weighted by Gasteiger charge is 2.33. The molecule has 1 amide bonds. The largest absolute Gasteiger partial charge is 0.488 e. The van der Waals surface area contributed by atoms with E-state index in [1.165, 1.54) is 16.8 Å². The van der Waals surface area contributed by atoms with Gasteiger partial charge in [-0.3, -0.25) is 4.79 Å². The van der Waals surface area contributed by atoms with Crippen LogP contribution in [0.15, 0.2) is 41.9 Å². The molecule has 2 N–H and O–H groups in total. The summed E-state index contributed by atoms with van der Waals surface area (Å²) in [7, 11) is -2.30. The summed E-state index contributed by atoms with van der Waals surface area (Å²) in [4.78, 5) is 12.7. The number of fused-ring (bicyclic) bond motifs is 1. The first-order valence-corrected chi connectivity index (χ1v) is 9.54. The van der Waals surface area contributed by atoms with E-state index in [0.717, 1.165) is 5.56 Å². The summed E-state index contributed by atoms with van der Waals surface area (Å²) in [6.45, 7) is 5.39. The van der Waals surface area contributed by atoms with Crippen LogP contribution in [0.1, 0.15) is 21.6 Å². The molecular weight excluding hydrogens is 368 g/mol. The zero-order valence-electron chi connectivity index (χ0n) is 14.8. The summed E-state index contributed by atoms with van der Waals surface area (Å²) < 4.78 is 34.5. The van der Waals surface area contributed by atoms with E-state index in [2.05, 4.69) is 22.7 Å². The molecule has 140 valence electrons. The second-order valence-electron chi connectivity index (χ2n) is 6.15. The summed E-state index contributed by atoms with van der Waals surface area (Å²) in [5.74, 6) is -0.557. The van der Waals surface area contributed by atoms with Crippen molar-refractivity contribution in [3.63, 3.8) is 0 Å². The van der Waals surface area contributed by atoms with Crippen LogP contribution >= 0.6 is 0 Å². The smallest absolute Gasteiger partial charge is 0.276 e. The number of carbonyl (C=O) groups is 1. The fourth-order valence-corrected chi connectivity index (χ4v) is 4.15. The number of rotatable bonds is 3. The number of hydrogen-bond acceptors (Lipinski definition) is 5. The Morgan fingerprint density at radius 2 is 2.26 bits per heavy atom. The predicted molar refractivity (Wildman–Crippen MR) is 99.1 cm³/mol. The van der Waals surface area contributed by atoms with Gasteiger partial charge in [-0.2, -0.15) is 5.26 Å². The van der Waals surface area contributed by atoms with E-state index in [1.54, 1.807) is 32.2 Å². The second-order valence-corrected chi connectivity index (χ2v) is 7.83. The molecule has 0 radical (unpaired) electrons. The number of anilines is 1. The molecule has 1 unspecified atom stereocenters. The Balaban J connectivity index is 1.99. The van der Waals surface area contributed by atoms with Crippen molar-refractivity contribution in [2.75, 3.05) is 11.9 Å². The number of amides is 1. The van der Waals surface area contributed by atoms with Crippen LogP contribution in [0.3, 0.4) is 0 Å². The maximum absolute atomic E-state index is 12.8. The fourth-order valence-electron chi connectivity index (χ4n) is 2.77. The van der Waals surface area contributed by atoms with Gasteiger partial charge in [0.1, 0.15) is 11.5 Å². The maximum atomic E-state index is 12.8. The van der Waals surface area contributed by atoms with E-state index in [-0.39, 0.29) is 22.9 Å². The maximum Gasteiger partial charge on any atom is 0.276 e. The average molecular weight is 386 g/mol. The number of nitrogens with zero attached hydrogens (tertiary/aromatic N) is 2. The zero-order valence-corrected chi connectivity index (χ0v) is 15.6. The minimum Gasteiger partial charge on any atom is -0.488 e. The number of benzene rings is 1. The van der Waals surface area contributed by atoms with Gasteiger partial charge in [-0.1, -0.05) is 12.1 Å². The van der Waals surface area contributed by atoms with Crippen molar-refractivity contribution >= 4 is 21.6 Å². The Labute approximate surface area is 157 Å². The first-order chi connectivity index (χ1) is 12.8. The first kappa shape index (κ1) is 18.7. The van der Waals surface area contributed by atoms with Gasteiger partial charge in [-0.25, -0.2) is 13.1 Å². The number of hydrogen-bond donors (Lipinski definition) is 2. The van der Waals surface area contributed by atoms with Crippen LogP contribution in [0.5, 0.6) is 5.75 Å². The van der Waals surface area contributed by atoms with Crippen LogP contribution in [0.4, 0.5) is 5.69 Å². The lowest BCUT2D eigenvalue weighted by Gasteiger charge is -2.12. The Morgan fingerprint density at radius 1 is 1.52 bits per heavy atom. The average Bonchev–Trinajstić information content (AvgIpc) is 2.91. The van der Waals surface area contributed by atoms with Gasteiger partial charge in [0, 0.05) is 18.9 Å². The molecule has 3 rings (SSSR count). The normalized spacial score (nSPS) is 17.7. The third-order valence-corrected chi connectivity index (χ3v) is 5.70. The molecule has 1 aromatic heterocycles. The minimum absolute atomic E-state index is 0.0144. The van der Waals surface area contributed by atoms with Crippen molar-refractivity contribution in [2.24, 2.45) is 7.05 Å². The van der Waals surface area contributed by atoms with E-state index in [1.807, 2.05) is 0 Å². The monoisotopic (exact) mass is 386 g/mol. The number of ether oxygens (including phenoxy) is 1. The van der Waals surface area contributed by atoms with Crippen LogP contribution in [0, 0.1) is 18.3 Å². The van der Waals surface area contributed by atoms with Crippen molar-refractivity contribution < 1.29 is 17.9 Å². The molecule has 0 aliphatic carbocycles. The Hall–Kier alpha value is -3.09. The fraction of sp³-hybridized carbons (Fsp3) is 0.222.